The molecule has 0 radical (unpaired) electrons. The number of benzene rings is 1. The lowest BCUT2D eigenvalue weighted by Gasteiger charge is -2.16. The van der Waals surface area contributed by atoms with Crippen LogP contribution in [0.15, 0.2) is 52.6 Å². The van der Waals surface area contributed by atoms with Crippen LogP contribution in [0.2, 0.25) is 0 Å². The first kappa shape index (κ1) is 22.6. The van der Waals surface area contributed by atoms with Gasteiger partial charge in [-0.2, -0.15) is 5.26 Å². The quantitative estimate of drug-likeness (QED) is 0.502. The smallest absolute Gasteiger partial charge is 0.224 e. The molecule has 3 aromatic rings. The minimum absolute atomic E-state index is 0.587. The molecule has 9 nitrogen and oxygen atoms in total. The van der Waals surface area contributed by atoms with Crippen LogP contribution >= 0.6 is 0 Å². The number of pyridine rings is 1. The third kappa shape index (κ3) is 5.55. The van der Waals surface area contributed by atoms with Crippen molar-refractivity contribution < 1.29 is 4.74 Å². The summed E-state index contributed by atoms with van der Waals surface area (Å²) in [5.74, 6) is 3.01. The highest BCUT2D eigenvalue weighted by Gasteiger charge is 2.16. The lowest BCUT2D eigenvalue weighted by atomic mass is 10.1. The Morgan fingerprint density at radius 3 is 2.81 bits per heavy atom. The standard InChI is InChI=1S/C12H13N3.C11H13N5O/c1-9(15-10(2)14-3)12-6-4-5-11(7-12)8-13;1-17-9-7-8(3-5-12-9)10-14-15-11-13-4-2-6-16(10)11/h4-7H,1-3H3;3,5,7H,2,4,6H2,1H3,(H,13,15). The second-order valence-corrected chi connectivity index (χ2v) is 7.03. The van der Waals surface area contributed by atoms with Gasteiger partial charge in [0, 0.05) is 43.7 Å². The molecule has 4 rings (SSSR count). The molecule has 1 aromatic carbocycles. The van der Waals surface area contributed by atoms with Crippen molar-refractivity contribution in [3.63, 3.8) is 0 Å². The van der Waals surface area contributed by atoms with Gasteiger partial charge in [0.15, 0.2) is 5.82 Å². The van der Waals surface area contributed by atoms with Crippen LogP contribution in [0.1, 0.15) is 31.4 Å². The van der Waals surface area contributed by atoms with E-state index in [0.717, 1.165) is 54.0 Å². The van der Waals surface area contributed by atoms with Crippen LogP contribution in [0, 0.1) is 11.3 Å². The molecule has 2 aromatic heterocycles. The lowest BCUT2D eigenvalue weighted by molar-refractivity contribution is 0.398. The fourth-order valence-electron chi connectivity index (χ4n) is 3.13. The topological polar surface area (TPSA) is 113 Å². The fraction of sp³-hybridized carbons (Fsp3) is 0.304. The molecule has 1 aliphatic rings. The molecule has 1 N–H and O–H groups in total. The maximum atomic E-state index is 8.76. The minimum Gasteiger partial charge on any atom is -0.481 e. The van der Waals surface area contributed by atoms with Crippen LogP contribution in [0.5, 0.6) is 5.88 Å². The summed E-state index contributed by atoms with van der Waals surface area (Å²) in [4.78, 5) is 12.3. The number of amidine groups is 1. The number of aromatic nitrogens is 4. The van der Waals surface area contributed by atoms with Gasteiger partial charge >= 0.3 is 0 Å². The van der Waals surface area contributed by atoms with E-state index in [0.29, 0.717) is 11.4 Å². The number of anilines is 1. The molecule has 0 saturated heterocycles. The minimum atomic E-state index is 0.587. The fourth-order valence-corrected chi connectivity index (χ4v) is 3.13. The SMILES string of the molecule is CN=C(C)N=C(C)c1cccc(C#N)c1.COc1cc(-c2nnc3n2CCCN3)ccn1. The highest BCUT2D eigenvalue weighted by atomic mass is 16.5. The van der Waals surface area contributed by atoms with Gasteiger partial charge in [-0.05, 0) is 44.0 Å². The van der Waals surface area contributed by atoms with Gasteiger partial charge in [-0.15, -0.1) is 10.2 Å². The van der Waals surface area contributed by atoms with E-state index in [2.05, 4.69) is 41.1 Å². The normalized spacial score (nSPS) is 13.2. The van der Waals surface area contributed by atoms with E-state index in [-0.39, 0.29) is 0 Å². The summed E-state index contributed by atoms with van der Waals surface area (Å²) >= 11 is 0. The summed E-state index contributed by atoms with van der Waals surface area (Å²) in [6.07, 6.45) is 2.80. The zero-order chi connectivity index (χ0) is 22.9. The van der Waals surface area contributed by atoms with Gasteiger partial charge in [-0.3, -0.25) is 9.56 Å². The molecule has 0 fully saturated rings. The van der Waals surface area contributed by atoms with Crippen molar-refractivity contribution in [2.24, 2.45) is 9.98 Å². The lowest BCUT2D eigenvalue weighted by Crippen LogP contribution is -2.17. The first-order chi connectivity index (χ1) is 15.5. The van der Waals surface area contributed by atoms with Crippen LogP contribution in [-0.4, -0.2) is 52.0 Å². The van der Waals surface area contributed by atoms with E-state index < -0.39 is 0 Å². The Morgan fingerprint density at radius 2 is 2.06 bits per heavy atom. The highest BCUT2D eigenvalue weighted by molar-refractivity contribution is 6.05. The Morgan fingerprint density at radius 1 is 1.22 bits per heavy atom. The molecule has 9 heteroatoms. The summed E-state index contributed by atoms with van der Waals surface area (Å²) < 4.78 is 7.19. The third-order valence-corrected chi connectivity index (χ3v) is 4.86. The van der Waals surface area contributed by atoms with Crippen molar-refractivity contribution in [2.45, 2.75) is 26.8 Å². The number of fused-ring (bicyclic) bond motifs is 1. The maximum absolute atomic E-state index is 8.76. The van der Waals surface area contributed by atoms with Crippen molar-refractivity contribution in [3.05, 3.63) is 53.7 Å². The summed E-state index contributed by atoms with van der Waals surface area (Å²) in [5, 5.41) is 20.3. The summed E-state index contributed by atoms with van der Waals surface area (Å²) in [6, 6.07) is 13.3. The van der Waals surface area contributed by atoms with Gasteiger partial charge in [0.25, 0.3) is 0 Å². The van der Waals surface area contributed by atoms with Crippen LogP contribution in [0.3, 0.4) is 0 Å². The number of nitriles is 1. The number of rotatable bonds is 3. The zero-order valence-corrected chi connectivity index (χ0v) is 18.7. The van der Waals surface area contributed by atoms with Gasteiger partial charge in [-0.25, -0.2) is 9.98 Å². The van der Waals surface area contributed by atoms with Crippen molar-refractivity contribution >= 4 is 17.5 Å². The molecule has 0 aliphatic carbocycles. The van der Waals surface area contributed by atoms with Crippen LogP contribution in [0.25, 0.3) is 11.4 Å². The first-order valence-electron chi connectivity index (χ1n) is 10.2. The molecule has 0 spiro atoms. The average Bonchev–Trinajstić information content (AvgIpc) is 3.28. The maximum Gasteiger partial charge on any atom is 0.224 e. The van der Waals surface area contributed by atoms with Crippen LogP contribution in [-0.2, 0) is 6.54 Å². The molecule has 0 unspecified atom stereocenters. The Hall–Kier alpha value is -4.06. The van der Waals surface area contributed by atoms with E-state index in [1.807, 2.05) is 44.2 Å². The average molecular weight is 431 g/mol. The van der Waals surface area contributed by atoms with Crippen LogP contribution < -0.4 is 10.1 Å². The van der Waals surface area contributed by atoms with E-state index in [4.69, 9.17) is 10.00 Å². The number of nitrogens with zero attached hydrogens (tertiary/aromatic N) is 7. The van der Waals surface area contributed by atoms with Crippen LogP contribution in [0.4, 0.5) is 5.95 Å². The van der Waals surface area contributed by atoms with Gasteiger partial charge in [0.2, 0.25) is 11.8 Å². The monoisotopic (exact) mass is 430 g/mol. The predicted molar refractivity (Wildman–Crippen MR) is 125 cm³/mol. The Bertz CT molecular complexity index is 1170. The van der Waals surface area contributed by atoms with Gasteiger partial charge < -0.3 is 10.1 Å². The van der Waals surface area contributed by atoms with Crippen molar-refractivity contribution in [1.82, 2.24) is 19.7 Å². The van der Waals surface area contributed by atoms with Gasteiger partial charge in [0.1, 0.15) is 5.84 Å². The summed E-state index contributed by atoms with van der Waals surface area (Å²) in [5.41, 5.74) is 3.44. The Labute approximate surface area is 187 Å². The summed E-state index contributed by atoms with van der Waals surface area (Å²) in [6.45, 7) is 5.65. The van der Waals surface area contributed by atoms with Gasteiger partial charge in [-0.1, -0.05) is 12.1 Å². The van der Waals surface area contributed by atoms with Gasteiger partial charge in [0.05, 0.1) is 18.7 Å². The first-order valence-corrected chi connectivity index (χ1v) is 10.2. The van der Waals surface area contributed by atoms with Crippen molar-refractivity contribution in [2.75, 3.05) is 26.0 Å². The molecular formula is C23H26N8O. The van der Waals surface area contributed by atoms with E-state index in [9.17, 15) is 0 Å². The van der Waals surface area contributed by atoms with E-state index >= 15 is 0 Å². The zero-order valence-electron chi connectivity index (χ0n) is 18.7. The number of aliphatic imine (C=N–C) groups is 2. The summed E-state index contributed by atoms with van der Waals surface area (Å²) in [7, 11) is 3.31. The third-order valence-electron chi connectivity index (χ3n) is 4.86. The number of hydrogen-bond acceptors (Lipinski definition) is 7. The molecule has 0 atom stereocenters. The molecule has 32 heavy (non-hydrogen) atoms. The largest absolute Gasteiger partial charge is 0.481 e. The molecule has 3 heterocycles. The number of hydrogen-bond donors (Lipinski definition) is 1. The van der Waals surface area contributed by atoms with Crippen molar-refractivity contribution in [3.8, 4) is 23.3 Å². The number of ether oxygens (including phenoxy) is 1. The molecular weight excluding hydrogens is 404 g/mol. The molecule has 0 saturated carbocycles. The number of methoxy groups -OCH3 is 1. The number of nitrogens with one attached hydrogen (secondary N) is 1. The highest BCUT2D eigenvalue weighted by Crippen LogP contribution is 2.24. The molecule has 0 amide bonds. The molecule has 0 bridgehead atoms. The van der Waals surface area contributed by atoms with E-state index in [1.54, 1.807) is 26.4 Å². The Balaban J connectivity index is 0.000000183. The van der Waals surface area contributed by atoms with E-state index in [1.165, 1.54) is 0 Å². The second kappa shape index (κ2) is 10.8. The van der Waals surface area contributed by atoms with Crippen molar-refractivity contribution in [1.29, 1.82) is 5.26 Å². The second-order valence-electron chi connectivity index (χ2n) is 7.03. The molecule has 1 aliphatic heterocycles. The predicted octanol–water partition coefficient (Wildman–Crippen LogP) is 3.58. The molecule has 164 valence electrons. The Kier molecular flexibility index (Phi) is 7.65.